The van der Waals surface area contributed by atoms with Gasteiger partial charge in [0.05, 0.1) is 6.54 Å². The van der Waals surface area contributed by atoms with Crippen molar-refractivity contribution in [3.05, 3.63) is 46.2 Å². The van der Waals surface area contributed by atoms with Gasteiger partial charge in [-0.15, -0.1) is 0 Å². The number of rotatable bonds is 4. The fourth-order valence-electron chi connectivity index (χ4n) is 1.52. The lowest BCUT2D eigenvalue weighted by molar-refractivity contribution is 0.889. The Bertz CT molecular complexity index is 452. The molecule has 0 amide bonds. The second-order valence-electron chi connectivity index (χ2n) is 3.52. The number of aryl methyl sites for hydroxylation is 2. The molecule has 2 heterocycles. The van der Waals surface area contributed by atoms with Crippen LogP contribution in [0.25, 0.3) is 0 Å². The van der Waals surface area contributed by atoms with E-state index < -0.39 is 0 Å². The molecule has 3 N–H and O–H groups in total. The number of hydrogen-bond donors (Lipinski definition) is 2. The van der Waals surface area contributed by atoms with Gasteiger partial charge < -0.3 is 10.7 Å². The van der Waals surface area contributed by atoms with E-state index >= 15 is 0 Å². The van der Waals surface area contributed by atoms with Crippen molar-refractivity contribution in [3.8, 4) is 0 Å². The maximum atomic E-state index is 5.51. The molecule has 84 valence electrons. The van der Waals surface area contributed by atoms with E-state index in [2.05, 4.69) is 36.9 Å². The number of pyridine rings is 1. The van der Waals surface area contributed by atoms with E-state index in [0.29, 0.717) is 6.54 Å². The summed E-state index contributed by atoms with van der Waals surface area (Å²) in [6, 6.07) is 4.02. The third kappa shape index (κ3) is 2.68. The maximum Gasteiger partial charge on any atom is 0.127 e. The fraction of sp³-hybridized carbons (Fsp3) is 0.273. The summed E-state index contributed by atoms with van der Waals surface area (Å²) in [4.78, 5) is 11.5. The Hall–Kier alpha value is -1.20. The molecule has 2 rings (SSSR count). The lowest BCUT2D eigenvalue weighted by Gasteiger charge is -1.99. The zero-order chi connectivity index (χ0) is 11.4. The molecule has 0 aromatic carbocycles. The van der Waals surface area contributed by atoms with Gasteiger partial charge in [0.15, 0.2) is 0 Å². The van der Waals surface area contributed by atoms with Crippen molar-refractivity contribution in [2.75, 3.05) is 0 Å². The first-order chi connectivity index (χ1) is 7.79. The maximum absolute atomic E-state index is 5.51. The van der Waals surface area contributed by atoms with Crippen LogP contribution in [0.4, 0.5) is 0 Å². The quantitative estimate of drug-likeness (QED) is 0.898. The Morgan fingerprint density at radius 1 is 1.38 bits per heavy atom. The molecular formula is C11H13BrN4. The molecule has 0 aliphatic heterocycles. The van der Waals surface area contributed by atoms with Crippen LogP contribution in [-0.2, 0) is 19.4 Å². The molecule has 0 aliphatic carbocycles. The summed E-state index contributed by atoms with van der Waals surface area (Å²) < 4.78 is 0.858. The van der Waals surface area contributed by atoms with Crippen LogP contribution in [0.2, 0.25) is 0 Å². The van der Waals surface area contributed by atoms with E-state index in [-0.39, 0.29) is 0 Å². The minimum atomic E-state index is 0.436. The van der Waals surface area contributed by atoms with Gasteiger partial charge in [-0.1, -0.05) is 6.07 Å². The summed E-state index contributed by atoms with van der Waals surface area (Å²) in [5.41, 5.74) is 7.82. The third-order valence-corrected chi connectivity index (χ3v) is 3.01. The molecule has 5 heteroatoms. The van der Waals surface area contributed by atoms with Crippen LogP contribution in [0.1, 0.15) is 17.1 Å². The van der Waals surface area contributed by atoms with Gasteiger partial charge in [-0.25, -0.2) is 4.98 Å². The smallest absolute Gasteiger partial charge is 0.127 e. The Morgan fingerprint density at radius 3 is 2.88 bits per heavy atom. The van der Waals surface area contributed by atoms with Crippen LogP contribution in [0.5, 0.6) is 0 Å². The Balaban J connectivity index is 2.02. The van der Waals surface area contributed by atoms with E-state index in [4.69, 9.17) is 5.73 Å². The van der Waals surface area contributed by atoms with Crippen molar-refractivity contribution in [1.82, 2.24) is 15.0 Å². The van der Waals surface area contributed by atoms with Gasteiger partial charge in [0.2, 0.25) is 0 Å². The molecule has 0 bridgehead atoms. The molecule has 0 spiro atoms. The number of nitrogens with two attached hydrogens (primary N) is 1. The highest BCUT2D eigenvalue weighted by Gasteiger charge is 2.06. The highest BCUT2D eigenvalue weighted by atomic mass is 79.9. The highest BCUT2D eigenvalue weighted by Crippen LogP contribution is 2.15. The number of aromatic nitrogens is 3. The Kier molecular flexibility index (Phi) is 3.69. The van der Waals surface area contributed by atoms with E-state index in [1.165, 1.54) is 5.56 Å². The zero-order valence-electron chi connectivity index (χ0n) is 8.78. The average Bonchev–Trinajstić information content (AvgIpc) is 2.69. The number of halogens is 1. The molecule has 0 saturated heterocycles. The molecule has 16 heavy (non-hydrogen) atoms. The molecule has 4 nitrogen and oxygen atoms in total. The number of H-pyrrole nitrogens is 1. The zero-order valence-corrected chi connectivity index (χ0v) is 10.4. The first kappa shape index (κ1) is 11.3. The van der Waals surface area contributed by atoms with Crippen molar-refractivity contribution in [2.24, 2.45) is 5.73 Å². The molecule has 0 aliphatic rings. The van der Waals surface area contributed by atoms with E-state index in [0.717, 1.165) is 29.0 Å². The second-order valence-corrected chi connectivity index (χ2v) is 4.27. The monoisotopic (exact) mass is 280 g/mol. The standard InChI is InChI=1S/C11H13BrN4/c12-11-9(15-10(6-13)16-11)4-3-8-2-1-5-14-7-8/h1-2,5,7H,3-4,6,13H2,(H,15,16). The highest BCUT2D eigenvalue weighted by molar-refractivity contribution is 9.10. The summed E-state index contributed by atoms with van der Waals surface area (Å²) >= 11 is 3.42. The van der Waals surface area contributed by atoms with Crippen LogP contribution in [0, 0.1) is 0 Å². The molecular weight excluding hydrogens is 268 g/mol. The van der Waals surface area contributed by atoms with E-state index in [1.54, 1.807) is 6.20 Å². The van der Waals surface area contributed by atoms with Crippen LogP contribution >= 0.6 is 15.9 Å². The largest absolute Gasteiger partial charge is 0.344 e. The average molecular weight is 281 g/mol. The molecule has 0 fully saturated rings. The molecule has 2 aromatic rings. The number of hydrogen-bond acceptors (Lipinski definition) is 3. The molecule has 0 atom stereocenters. The first-order valence-electron chi connectivity index (χ1n) is 5.12. The Morgan fingerprint density at radius 2 is 2.25 bits per heavy atom. The lowest BCUT2D eigenvalue weighted by Crippen LogP contribution is -1.98. The summed E-state index contributed by atoms with van der Waals surface area (Å²) in [6.07, 6.45) is 5.51. The van der Waals surface area contributed by atoms with Crippen molar-refractivity contribution in [1.29, 1.82) is 0 Å². The Labute approximate surface area is 102 Å². The molecule has 0 saturated carbocycles. The lowest BCUT2D eigenvalue weighted by atomic mass is 10.1. The minimum absolute atomic E-state index is 0.436. The number of aromatic amines is 1. The normalized spacial score (nSPS) is 10.6. The first-order valence-corrected chi connectivity index (χ1v) is 5.91. The fourth-order valence-corrected chi connectivity index (χ4v) is 2.03. The van der Waals surface area contributed by atoms with Gasteiger partial charge in [0.25, 0.3) is 0 Å². The van der Waals surface area contributed by atoms with Crippen molar-refractivity contribution >= 4 is 15.9 Å². The van der Waals surface area contributed by atoms with Gasteiger partial charge in [-0.3, -0.25) is 4.98 Å². The van der Waals surface area contributed by atoms with Crippen LogP contribution in [0.3, 0.4) is 0 Å². The predicted octanol–water partition coefficient (Wildman–Crippen LogP) is 1.81. The van der Waals surface area contributed by atoms with Gasteiger partial charge in [-0.05, 0) is 40.4 Å². The van der Waals surface area contributed by atoms with E-state index in [1.807, 2.05) is 12.3 Å². The SMILES string of the molecule is NCc1nc(Br)c(CCc2cccnc2)[nH]1. The molecule has 0 radical (unpaired) electrons. The van der Waals surface area contributed by atoms with Gasteiger partial charge in [0, 0.05) is 18.1 Å². The minimum Gasteiger partial charge on any atom is -0.344 e. The summed E-state index contributed by atoms with van der Waals surface area (Å²) in [5, 5.41) is 0. The van der Waals surface area contributed by atoms with Crippen molar-refractivity contribution in [2.45, 2.75) is 19.4 Å². The molecule has 0 unspecified atom stereocenters. The number of imidazole rings is 1. The summed E-state index contributed by atoms with van der Waals surface area (Å²) in [5.74, 6) is 0.813. The summed E-state index contributed by atoms with van der Waals surface area (Å²) in [6.45, 7) is 0.436. The van der Waals surface area contributed by atoms with Gasteiger partial charge >= 0.3 is 0 Å². The predicted molar refractivity (Wildman–Crippen MR) is 65.8 cm³/mol. The number of nitrogens with zero attached hydrogens (tertiary/aromatic N) is 2. The van der Waals surface area contributed by atoms with Crippen LogP contribution in [-0.4, -0.2) is 15.0 Å². The van der Waals surface area contributed by atoms with E-state index in [9.17, 15) is 0 Å². The van der Waals surface area contributed by atoms with Crippen molar-refractivity contribution < 1.29 is 0 Å². The number of nitrogens with one attached hydrogen (secondary N) is 1. The molecule has 2 aromatic heterocycles. The van der Waals surface area contributed by atoms with Crippen molar-refractivity contribution in [3.63, 3.8) is 0 Å². The van der Waals surface area contributed by atoms with Gasteiger partial charge in [0.1, 0.15) is 10.4 Å². The van der Waals surface area contributed by atoms with Crippen LogP contribution in [0.15, 0.2) is 29.1 Å². The summed E-state index contributed by atoms with van der Waals surface area (Å²) in [7, 11) is 0. The topological polar surface area (TPSA) is 67.6 Å². The van der Waals surface area contributed by atoms with Gasteiger partial charge in [-0.2, -0.15) is 0 Å². The second kappa shape index (κ2) is 5.23. The third-order valence-electron chi connectivity index (χ3n) is 2.36. The van der Waals surface area contributed by atoms with Crippen LogP contribution < -0.4 is 5.73 Å².